The smallest absolute Gasteiger partial charge is 0.227 e. The molecule has 1 amide bonds. The van der Waals surface area contributed by atoms with Crippen LogP contribution >= 0.6 is 11.3 Å². The van der Waals surface area contributed by atoms with E-state index in [-0.39, 0.29) is 11.9 Å². The van der Waals surface area contributed by atoms with Gasteiger partial charge in [-0.3, -0.25) is 4.79 Å². The van der Waals surface area contributed by atoms with Gasteiger partial charge in [0.25, 0.3) is 0 Å². The van der Waals surface area contributed by atoms with Crippen molar-refractivity contribution in [3.8, 4) is 5.75 Å². The molecule has 3 nitrogen and oxygen atoms in total. The van der Waals surface area contributed by atoms with E-state index in [1.165, 1.54) is 10.4 Å². The third-order valence-electron chi connectivity index (χ3n) is 4.09. The number of ether oxygens (including phenoxy) is 1. The highest BCUT2D eigenvalue weighted by molar-refractivity contribution is 7.10. The van der Waals surface area contributed by atoms with Crippen LogP contribution in [0.5, 0.6) is 5.75 Å². The molecular weight excluding hydrogens is 282 g/mol. The van der Waals surface area contributed by atoms with Crippen LogP contribution in [0.2, 0.25) is 0 Å². The van der Waals surface area contributed by atoms with E-state index in [2.05, 4.69) is 18.4 Å². The minimum Gasteiger partial charge on any atom is -0.497 e. The molecule has 1 aliphatic rings. The number of carbonyl (C=O) groups is 1. The Morgan fingerprint density at radius 1 is 1.43 bits per heavy atom. The molecule has 0 saturated heterocycles. The molecule has 0 fully saturated rings. The SMILES string of the molecule is COc1cccc(CC(=O)N2CCc3sccc3C2C)c1. The van der Waals surface area contributed by atoms with Crippen LogP contribution in [0.1, 0.15) is 29.0 Å². The molecule has 1 aromatic carbocycles. The average Bonchev–Trinajstić information content (AvgIpc) is 2.97. The van der Waals surface area contributed by atoms with Crippen molar-refractivity contribution in [1.82, 2.24) is 4.90 Å². The zero-order valence-electron chi connectivity index (χ0n) is 12.3. The minimum absolute atomic E-state index is 0.179. The van der Waals surface area contributed by atoms with Crippen molar-refractivity contribution < 1.29 is 9.53 Å². The fourth-order valence-corrected chi connectivity index (χ4v) is 3.87. The first-order valence-electron chi connectivity index (χ1n) is 7.17. The van der Waals surface area contributed by atoms with Crippen LogP contribution in [0.4, 0.5) is 0 Å². The molecule has 4 heteroatoms. The highest BCUT2D eigenvalue weighted by atomic mass is 32.1. The van der Waals surface area contributed by atoms with Crippen molar-refractivity contribution in [2.24, 2.45) is 0 Å². The second kappa shape index (κ2) is 5.90. The Bertz CT molecular complexity index is 650. The Hall–Kier alpha value is -1.81. The molecule has 0 N–H and O–H groups in total. The Balaban J connectivity index is 1.74. The normalized spacial score (nSPS) is 17.4. The van der Waals surface area contributed by atoms with Crippen molar-refractivity contribution in [2.45, 2.75) is 25.8 Å². The molecule has 0 aliphatic carbocycles. The van der Waals surface area contributed by atoms with Crippen LogP contribution in [-0.4, -0.2) is 24.5 Å². The maximum Gasteiger partial charge on any atom is 0.227 e. The maximum absolute atomic E-state index is 12.6. The van der Waals surface area contributed by atoms with E-state index < -0.39 is 0 Å². The zero-order chi connectivity index (χ0) is 14.8. The summed E-state index contributed by atoms with van der Waals surface area (Å²) in [5.74, 6) is 0.986. The minimum atomic E-state index is 0.179. The number of hydrogen-bond acceptors (Lipinski definition) is 3. The third kappa shape index (κ3) is 2.81. The monoisotopic (exact) mass is 301 g/mol. The summed E-state index contributed by atoms with van der Waals surface area (Å²) in [5, 5.41) is 2.12. The van der Waals surface area contributed by atoms with Crippen molar-refractivity contribution >= 4 is 17.2 Å². The highest BCUT2D eigenvalue weighted by Crippen LogP contribution is 2.33. The molecule has 21 heavy (non-hydrogen) atoms. The highest BCUT2D eigenvalue weighted by Gasteiger charge is 2.28. The lowest BCUT2D eigenvalue weighted by atomic mass is 10.0. The van der Waals surface area contributed by atoms with Gasteiger partial charge in [0.2, 0.25) is 5.91 Å². The van der Waals surface area contributed by atoms with Gasteiger partial charge in [-0.15, -0.1) is 11.3 Å². The fourth-order valence-electron chi connectivity index (χ4n) is 2.91. The van der Waals surface area contributed by atoms with Crippen molar-refractivity contribution in [2.75, 3.05) is 13.7 Å². The molecule has 2 heterocycles. The van der Waals surface area contributed by atoms with Crippen molar-refractivity contribution in [1.29, 1.82) is 0 Å². The summed E-state index contributed by atoms with van der Waals surface area (Å²) < 4.78 is 5.22. The number of benzene rings is 1. The molecule has 0 spiro atoms. The van der Waals surface area contributed by atoms with Gasteiger partial charge < -0.3 is 9.64 Å². The van der Waals surface area contributed by atoms with Gasteiger partial charge >= 0.3 is 0 Å². The van der Waals surface area contributed by atoms with Gasteiger partial charge in [-0.25, -0.2) is 0 Å². The summed E-state index contributed by atoms with van der Waals surface area (Å²) in [5.41, 5.74) is 2.31. The number of thiophene rings is 1. The van der Waals surface area contributed by atoms with Gasteiger partial charge in [-0.2, -0.15) is 0 Å². The molecule has 1 aromatic heterocycles. The van der Waals surface area contributed by atoms with E-state index in [0.717, 1.165) is 24.3 Å². The molecule has 0 radical (unpaired) electrons. The van der Waals surface area contributed by atoms with Gasteiger partial charge in [0, 0.05) is 11.4 Å². The van der Waals surface area contributed by atoms with E-state index in [4.69, 9.17) is 4.74 Å². The second-order valence-corrected chi connectivity index (χ2v) is 6.34. The van der Waals surface area contributed by atoms with Gasteiger partial charge in [0.15, 0.2) is 0 Å². The summed E-state index contributed by atoms with van der Waals surface area (Å²) in [6.07, 6.45) is 1.40. The molecular formula is C17H19NO2S. The summed E-state index contributed by atoms with van der Waals surface area (Å²) in [6, 6.07) is 10.1. The van der Waals surface area contributed by atoms with Gasteiger partial charge in [-0.05, 0) is 48.1 Å². The fraction of sp³-hybridized carbons (Fsp3) is 0.353. The second-order valence-electron chi connectivity index (χ2n) is 5.34. The number of carbonyl (C=O) groups excluding carboxylic acids is 1. The predicted octanol–water partition coefficient (Wildman–Crippen LogP) is 3.45. The van der Waals surface area contributed by atoms with Crippen LogP contribution in [0.3, 0.4) is 0 Å². The van der Waals surface area contributed by atoms with Crippen LogP contribution in [0.25, 0.3) is 0 Å². The number of hydrogen-bond donors (Lipinski definition) is 0. The zero-order valence-corrected chi connectivity index (χ0v) is 13.2. The molecule has 1 unspecified atom stereocenters. The Kier molecular flexibility index (Phi) is 3.97. The van der Waals surface area contributed by atoms with E-state index in [0.29, 0.717) is 6.42 Å². The van der Waals surface area contributed by atoms with E-state index in [1.807, 2.05) is 29.2 Å². The average molecular weight is 301 g/mol. The van der Waals surface area contributed by atoms with Gasteiger partial charge in [0.05, 0.1) is 19.6 Å². The summed E-state index contributed by atoms with van der Waals surface area (Å²) in [6.45, 7) is 2.94. The first-order valence-corrected chi connectivity index (χ1v) is 8.05. The van der Waals surface area contributed by atoms with Crippen molar-refractivity contribution in [3.05, 3.63) is 51.7 Å². The quantitative estimate of drug-likeness (QED) is 0.869. The van der Waals surface area contributed by atoms with Gasteiger partial charge in [-0.1, -0.05) is 12.1 Å². The lowest BCUT2D eigenvalue weighted by molar-refractivity contribution is -0.133. The molecule has 3 rings (SSSR count). The van der Waals surface area contributed by atoms with Crippen molar-refractivity contribution in [3.63, 3.8) is 0 Å². The van der Waals surface area contributed by atoms with E-state index in [9.17, 15) is 4.79 Å². The summed E-state index contributed by atoms with van der Waals surface area (Å²) in [7, 11) is 1.64. The van der Waals surface area contributed by atoms with E-state index >= 15 is 0 Å². The maximum atomic E-state index is 12.6. The molecule has 0 saturated carbocycles. The van der Waals surface area contributed by atoms with Crippen LogP contribution in [-0.2, 0) is 17.6 Å². The number of methoxy groups -OCH3 is 1. The van der Waals surface area contributed by atoms with Crippen LogP contribution in [0, 0.1) is 0 Å². The molecule has 110 valence electrons. The number of fused-ring (bicyclic) bond motifs is 1. The Morgan fingerprint density at radius 2 is 2.29 bits per heavy atom. The molecule has 0 bridgehead atoms. The Labute approximate surface area is 129 Å². The van der Waals surface area contributed by atoms with E-state index in [1.54, 1.807) is 18.4 Å². The lowest BCUT2D eigenvalue weighted by Crippen LogP contribution is -2.39. The first kappa shape index (κ1) is 14.1. The van der Waals surface area contributed by atoms with Crippen LogP contribution < -0.4 is 4.74 Å². The lowest BCUT2D eigenvalue weighted by Gasteiger charge is -2.33. The summed E-state index contributed by atoms with van der Waals surface area (Å²) in [4.78, 5) is 16.0. The first-order chi connectivity index (χ1) is 10.2. The third-order valence-corrected chi connectivity index (χ3v) is 5.08. The summed E-state index contributed by atoms with van der Waals surface area (Å²) >= 11 is 1.80. The Morgan fingerprint density at radius 3 is 3.10 bits per heavy atom. The number of nitrogens with zero attached hydrogens (tertiary/aromatic N) is 1. The topological polar surface area (TPSA) is 29.5 Å². The molecule has 2 aromatic rings. The largest absolute Gasteiger partial charge is 0.497 e. The molecule has 1 aliphatic heterocycles. The van der Waals surface area contributed by atoms with Crippen LogP contribution in [0.15, 0.2) is 35.7 Å². The standard InChI is InChI=1S/C17H19NO2S/c1-12-15-7-9-21-16(15)6-8-18(12)17(19)11-13-4-3-5-14(10-13)20-2/h3-5,7,9-10,12H,6,8,11H2,1-2H3. The molecule has 1 atom stereocenters. The number of rotatable bonds is 3. The van der Waals surface area contributed by atoms with Gasteiger partial charge in [0.1, 0.15) is 5.75 Å². The number of amides is 1. The predicted molar refractivity (Wildman–Crippen MR) is 84.8 cm³/mol.